The van der Waals surface area contributed by atoms with Gasteiger partial charge in [-0.1, -0.05) is 24.4 Å². The summed E-state index contributed by atoms with van der Waals surface area (Å²) in [5.74, 6) is 0.727. The lowest BCUT2D eigenvalue weighted by atomic mass is 10.1. The fourth-order valence-electron chi connectivity index (χ4n) is 1.89. The summed E-state index contributed by atoms with van der Waals surface area (Å²) in [7, 11) is 0. The van der Waals surface area contributed by atoms with Crippen LogP contribution in [-0.2, 0) is 9.53 Å². The molecule has 1 aromatic rings. The van der Waals surface area contributed by atoms with Gasteiger partial charge < -0.3 is 15.8 Å². The SMILES string of the molecule is NC(=S)c1ccccc1NC(=O)CCCOCC1CC1. The van der Waals surface area contributed by atoms with Gasteiger partial charge in [0.2, 0.25) is 5.91 Å². The van der Waals surface area contributed by atoms with E-state index in [1.165, 1.54) is 12.8 Å². The molecule has 1 amide bonds. The minimum absolute atomic E-state index is 0.0382. The third-order valence-corrected chi connectivity index (χ3v) is 3.43. The second-order valence-electron chi connectivity index (χ2n) is 5.08. The van der Waals surface area contributed by atoms with E-state index in [1.807, 2.05) is 12.1 Å². The number of ether oxygens (including phenoxy) is 1. The fraction of sp³-hybridized carbons (Fsp3) is 0.467. The molecule has 3 N–H and O–H groups in total. The highest BCUT2D eigenvalue weighted by Gasteiger charge is 2.20. The molecule has 5 heteroatoms. The van der Waals surface area contributed by atoms with Crippen molar-refractivity contribution in [2.75, 3.05) is 18.5 Å². The number of hydrogen-bond donors (Lipinski definition) is 2. The molecule has 0 aliphatic heterocycles. The molecule has 0 saturated heterocycles. The molecule has 0 spiro atoms. The number of anilines is 1. The van der Waals surface area contributed by atoms with Crippen LogP contribution in [0.1, 0.15) is 31.2 Å². The molecule has 0 heterocycles. The highest BCUT2D eigenvalue weighted by Crippen LogP contribution is 2.28. The van der Waals surface area contributed by atoms with Crippen molar-refractivity contribution >= 4 is 28.8 Å². The Kier molecular flexibility index (Phi) is 5.49. The average molecular weight is 292 g/mol. The summed E-state index contributed by atoms with van der Waals surface area (Å²) >= 11 is 4.96. The number of rotatable bonds is 8. The molecular formula is C15H20N2O2S. The van der Waals surface area contributed by atoms with E-state index in [0.29, 0.717) is 24.3 Å². The van der Waals surface area contributed by atoms with Gasteiger partial charge in [0.25, 0.3) is 0 Å². The quantitative estimate of drug-likeness (QED) is 0.570. The van der Waals surface area contributed by atoms with E-state index >= 15 is 0 Å². The number of carbonyl (C=O) groups excluding carboxylic acids is 1. The summed E-state index contributed by atoms with van der Waals surface area (Å²) in [5.41, 5.74) is 6.99. The molecule has 1 aliphatic rings. The van der Waals surface area contributed by atoms with Crippen molar-refractivity contribution in [3.05, 3.63) is 29.8 Å². The first-order valence-electron chi connectivity index (χ1n) is 6.93. The third-order valence-electron chi connectivity index (χ3n) is 3.21. The van der Waals surface area contributed by atoms with E-state index in [2.05, 4.69) is 5.32 Å². The molecule has 0 unspecified atom stereocenters. The summed E-state index contributed by atoms with van der Waals surface area (Å²) in [6.07, 6.45) is 3.75. The number of carbonyl (C=O) groups is 1. The van der Waals surface area contributed by atoms with Crippen LogP contribution < -0.4 is 11.1 Å². The zero-order valence-corrected chi connectivity index (χ0v) is 12.2. The summed E-state index contributed by atoms with van der Waals surface area (Å²) < 4.78 is 5.50. The topological polar surface area (TPSA) is 64.3 Å². The van der Waals surface area contributed by atoms with Crippen molar-refractivity contribution in [3.63, 3.8) is 0 Å². The van der Waals surface area contributed by atoms with Gasteiger partial charge in [0.15, 0.2) is 0 Å². The molecule has 1 saturated carbocycles. The minimum atomic E-state index is -0.0382. The van der Waals surface area contributed by atoms with Gasteiger partial charge in [-0.25, -0.2) is 0 Å². The van der Waals surface area contributed by atoms with Gasteiger partial charge in [-0.05, 0) is 37.3 Å². The first-order chi connectivity index (χ1) is 9.66. The van der Waals surface area contributed by atoms with Crippen LogP contribution >= 0.6 is 12.2 Å². The van der Waals surface area contributed by atoms with Crippen molar-refractivity contribution in [1.82, 2.24) is 0 Å². The van der Waals surface area contributed by atoms with Crippen LogP contribution in [0.2, 0.25) is 0 Å². The van der Waals surface area contributed by atoms with Crippen LogP contribution in [0.5, 0.6) is 0 Å². The monoisotopic (exact) mass is 292 g/mol. The zero-order valence-electron chi connectivity index (χ0n) is 11.4. The number of nitrogens with one attached hydrogen (secondary N) is 1. The number of para-hydroxylation sites is 1. The summed E-state index contributed by atoms with van der Waals surface area (Å²) in [6, 6.07) is 7.29. The fourth-order valence-corrected chi connectivity index (χ4v) is 2.07. The maximum atomic E-state index is 11.8. The predicted octanol–water partition coefficient (Wildman–Crippen LogP) is 2.47. The van der Waals surface area contributed by atoms with Gasteiger partial charge >= 0.3 is 0 Å². The van der Waals surface area contributed by atoms with Crippen LogP contribution in [0.15, 0.2) is 24.3 Å². The van der Waals surface area contributed by atoms with E-state index in [4.69, 9.17) is 22.7 Å². The molecule has 20 heavy (non-hydrogen) atoms. The number of amides is 1. The molecule has 4 nitrogen and oxygen atoms in total. The lowest BCUT2D eigenvalue weighted by Gasteiger charge is -2.10. The smallest absolute Gasteiger partial charge is 0.224 e. The standard InChI is InChI=1S/C15H20N2O2S/c16-15(20)12-4-1-2-5-13(12)17-14(18)6-3-9-19-10-11-7-8-11/h1-2,4-5,11H,3,6-10H2,(H2,16,20)(H,17,18). The lowest BCUT2D eigenvalue weighted by Crippen LogP contribution is -2.17. The van der Waals surface area contributed by atoms with E-state index in [0.717, 1.165) is 18.9 Å². The van der Waals surface area contributed by atoms with Crippen molar-refractivity contribution in [3.8, 4) is 0 Å². The van der Waals surface area contributed by atoms with Crippen molar-refractivity contribution < 1.29 is 9.53 Å². The molecule has 0 bridgehead atoms. The molecule has 1 aliphatic carbocycles. The van der Waals surface area contributed by atoms with Crippen LogP contribution in [-0.4, -0.2) is 24.1 Å². The van der Waals surface area contributed by atoms with Gasteiger partial charge in [0.1, 0.15) is 4.99 Å². The summed E-state index contributed by atoms with van der Waals surface area (Å²) in [6.45, 7) is 1.48. The Morgan fingerprint density at radius 3 is 2.85 bits per heavy atom. The Balaban J connectivity index is 1.71. The van der Waals surface area contributed by atoms with E-state index < -0.39 is 0 Å². The molecule has 0 aromatic heterocycles. The van der Waals surface area contributed by atoms with E-state index in [-0.39, 0.29) is 10.9 Å². The maximum absolute atomic E-state index is 11.8. The molecule has 1 aromatic carbocycles. The van der Waals surface area contributed by atoms with Crippen LogP contribution in [0.3, 0.4) is 0 Å². The lowest BCUT2D eigenvalue weighted by molar-refractivity contribution is -0.116. The summed E-state index contributed by atoms with van der Waals surface area (Å²) in [4.78, 5) is 12.1. The van der Waals surface area contributed by atoms with Gasteiger partial charge in [-0.15, -0.1) is 0 Å². The third kappa shape index (κ3) is 4.90. The van der Waals surface area contributed by atoms with Crippen molar-refractivity contribution in [2.24, 2.45) is 11.7 Å². The van der Waals surface area contributed by atoms with Crippen molar-refractivity contribution in [2.45, 2.75) is 25.7 Å². The normalized spacial score (nSPS) is 14.0. The Bertz CT molecular complexity index is 487. The van der Waals surface area contributed by atoms with Crippen LogP contribution in [0.4, 0.5) is 5.69 Å². The zero-order chi connectivity index (χ0) is 14.4. The highest BCUT2D eigenvalue weighted by atomic mass is 32.1. The predicted molar refractivity (Wildman–Crippen MR) is 83.7 cm³/mol. The van der Waals surface area contributed by atoms with Crippen LogP contribution in [0.25, 0.3) is 0 Å². The van der Waals surface area contributed by atoms with Crippen molar-refractivity contribution in [1.29, 1.82) is 0 Å². The van der Waals surface area contributed by atoms with Crippen LogP contribution in [0, 0.1) is 5.92 Å². The molecule has 0 radical (unpaired) electrons. The maximum Gasteiger partial charge on any atom is 0.224 e. The average Bonchev–Trinajstić information content (AvgIpc) is 3.23. The van der Waals surface area contributed by atoms with Gasteiger partial charge in [0, 0.05) is 25.2 Å². The summed E-state index contributed by atoms with van der Waals surface area (Å²) in [5, 5.41) is 2.84. The van der Waals surface area contributed by atoms with E-state index in [9.17, 15) is 4.79 Å². The Morgan fingerprint density at radius 1 is 1.40 bits per heavy atom. The first kappa shape index (κ1) is 14.9. The molecule has 0 atom stereocenters. The second-order valence-corrected chi connectivity index (χ2v) is 5.52. The number of nitrogens with two attached hydrogens (primary N) is 1. The minimum Gasteiger partial charge on any atom is -0.389 e. The molecule has 1 fully saturated rings. The Labute approximate surface area is 124 Å². The highest BCUT2D eigenvalue weighted by molar-refractivity contribution is 7.80. The Hall–Kier alpha value is -1.46. The van der Waals surface area contributed by atoms with Gasteiger partial charge in [0.05, 0.1) is 5.69 Å². The molecular weight excluding hydrogens is 272 g/mol. The number of thiocarbonyl (C=S) groups is 1. The number of hydrogen-bond acceptors (Lipinski definition) is 3. The largest absolute Gasteiger partial charge is 0.389 e. The first-order valence-corrected chi connectivity index (χ1v) is 7.34. The molecule has 108 valence electrons. The second kappa shape index (κ2) is 7.36. The number of benzene rings is 1. The van der Waals surface area contributed by atoms with Gasteiger partial charge in [-0.3, -0.25) is 4.79 Å². The van der Waals surface area contributed by atoms with E-state index in [1.54, 1.807) is 12.1 Å². The van der Waals surface area contributed by atoms with Gasteiger partial charge in [-0.2, -0.15) is 0 Å². The molecule has 2 rings (SSSR count). The Morgan fingerprint density at radius 2 is 2.15 bits per heavy atom.